The van der Waals surface area contributed by atoms with Gasteiger partial charge in [-0.05, 0) is 70.3 Å². The largest absolute Gasteiger partial charge is 0.330 e. The fourth-order valence-corrected chi connectivity index (χ4v) is 3.90. The van der Waals surface area contributed by atoms with E-state index in [0.717, 1.165) is 19.4 Å². The number of unbranched alkanes of at least 4 members (excludes halogenated alkanes) is 4. The quantitative estimate of drug-likeness (QED) is 0.228. The van der Waals surface area contributed by atoms with Crippen molar-refractivity contribution >= 4 is 0 Å². The molecule has 0 radical (unpaired) electrons. The predicted octanol–water partition coefficient (Wildman–Crippen LogP) is 7.44. The zero-order chi connectivity index (χ0) is 19.1. The molecule has 146 valence electrons. The number of hydrogen-bond donors (Lipinski definition) is 1. The molecule has 2 unspecified atom stereocenters. The zero-order valence-corrected chi connectivity index (χ0v) is 17.7. The zero-order valence-electron chi connectivity index (χ0n) is 17.7. The summed E-state index contributed by atoms with van der Waals surface area (Å²) in [6.07, 6.45) is 16.8. The van der Waals surface area contributed by atoms with E-state index in [2.05, 4.69) is 53.0 Å². The van der Waals surface area contributed by atoms with Crippen LogP contribution in [-0.4, -0.2) is 6.54 Å². The Bertz CT molecular complexity index is 380. The van der Waals surface area contributed by atoms with E-state index in [1.54, 1.807) is 0 Å². The fraction of sp³-hybridized carbons (Fsp3) is 0.750. The van der Waals surface area contributed by atoms with Crippen molar-refractivity contribution in [2.24, 2.45) is 23.5 Å². The van der Waals surface area contributed by atoms with Crippen LogP contribution in [0.4, 0.5) is 0 Å². The van der Waals surface area contributed by atoms with Gasteiger partial charge in [0.2, 0.25) is 0 Å². The van der Waals surface area contributed by atoms with Crippen LogP contribution in [0.15, 0.2) is 36.5 Å². The molecule has 0 saturated carbocycles. The summed E-state index contributed by atoms with van der Waals surface area (Å²) in [7, 11) is 0. The van der Waals surface area contributed by atoms with Gasteiger partial charge in [0, 0.05) is 0 Å². The Labute approximate surface area is 158 Å². The van der Waals surface area contributed by atoms with Gasteiger partial charge < -0.3 is 5.73 Å². The highest BCUT2D eigenvalue weighted by Gasteiger charge is 2.23. The highest BCUT2D eigenvalue weighted by Crippen LogP contribution is 2.35. The van der Waals surface area contributed by atoms with E-state index in [9.17, 15) is 0 Å². The Morgan fingerprint density at radius 1 is 1.00 bits per heavy atom. The van der Waals surface area contributed by atoms with Crippen LogP contribution in [0.3, 0.4) is 0 Å². The van der Waals surface area contributed by atoms with E-state index in [4.69, 9.17) is 5.73 Å². The minimum absolute atomic E-state index is 0.546. The minimum atomic E-state index is 0.546. The number of nitrogens with two attached hydrogens (primary N) is 1. The van der Waals surface area contributed by atoms with Crippen LogP contribution in [0.2, 0.25) is 0 Å². The molecule has 1 nitrogen and oxygen atoms in total. The summed E-state index contributed by atoms with van der Waals surface area (Å²) in [6, 6.07) is 0. The van der Waals surface area contributed by atoms with Gasteiger partial charge in [0.25, 0.3) is 0 Å². The van der Waals surface area contributed by atoms with Gasteiger partial charge in [-0.15, -0.1) is 6.58 Å². The molecule has 0 aromatic rings. The third-order valence-corrected chi connectivity index (χ3v) is 5.83. The lowest BCUT2D eigenvalue weighted by Crippen LogP contribution is -2.19. The number of rotatable bonds is 16. The Morgan fingerprint density at radius 3 is 2.20 bits per heavy atom. The third-order valence-electron chi connectivity index (χ3n) is 5.83. The SMILES string of the molecule is C=CC[C@H](CC(CC)/C(C)=C/C)C(=C)C(CCN)CCCCCCC. The van der Waals surface area contributed by atoms with Gasteiger partial charge in [0.15, 0.2) is 0 Å². The first-order chi connectivity index (χ1) is 12.0. The van der Waals surface area contributed by atoms with Crippen LogP contribution >= 0.6 is 0 Å². The van der Waals surface area contributed by atoms with E-state index in [1.807, 2.05) is 0 Å². The average Bonchev–Trinajstić information content (AvgIpc) is 2.62. The van der Waals surface area contributed by atoms with Crippen LogP contribution in [0.5, 0.6) is 0 Å². The normalized spacial score (nSPS) is 15.6. The van der Waals surface area contributed by atoms with Crippen LogP contribution < -0.4 is 5.73 Å². The summed E-state index contributed by atoms with van der Waals surface area (Å²) in [4.78, 5) is 0. The monoisotopic (exact) mass is 347 g/mol. The second kappa shape index (κ2) is 15.4. The van der Waals surface area contributed by atoms with Gasteiger partial charge in [-0.1, -0.05) is 75.8 Å². The molecule has 0 aromatic carbocycles. The molecule has 0 fully saturated rings. The first-order valence-electron chi connectivity index (χ1n) is 10.7. The van der Waals surface area contributed by atoms with E-state index in [1.165, 1.54) is 62.5 Å². The van der Waals surface area contributed by atoms with Crippen molar-refractivity contribution < 1.29 is 0 Å². The van der Waals surface area contributed by atoms with Gasteiger partial charge in [-0.3, -0.25) is 0 Å². The van der Waals surface area contributed by atoms with Crippen molar-refractivity contribution in [1.82, 2.24) is 0 Å². The van der Waals surface area contributed by atoms with Crippen molar-refractivity contribution in [1.29, 1.82) is 0 Å². The van der Waals surface area contributed by atoms with E-state index in [-0.39, 0.29) is 0 Å². The Kier molecular flexibility index (Phi) is 14.9. The summed E-state index contributed by atoms with van der Waals surface area (Å²) < 4.78 is 0. The highest BCUT2D eigenvalue weighted by atomic mass is 14.5. The Hall–Kier alpha value is -0.820. The van der Waals surface area contributed by atoms with Crippen LogP contribution in [-0.2, 0) is 0 Å². The third kappa shape index (κ3) is 10.0. The van der Waals surface area contributed by atoms with Gasteiger partial charge >= 0.3 is 0 Å². The maximum absolute atomic E-state index is 5.92. The second-order valence-electron chi connectivity index (χ2n) is 7.65. The summed E-state index contributed by atoms with van der Waals surface area (Å²) in [5, 5.41) is 0. The minimum Gasteiger partial charge on any atom is -0.330 e. The first-order valence-corrected chi connectivity index (χ1v) is 10.7. The Morgan fingerprint density at radius 2 is 1.68 bits per heavy atom. The molecule has 0 amide bonds. The first kappa shape index (κ1) is 24.2. The van der Waals surface area contributed by atoms with Gasteiger partial charge in [0.05, 0.1) is 0 Å². The van der Waals surface area contributed by atoms with E-state index >= 15 is 0 Å². The molecule has 0 spiro atoms. The molecule has 2 N–H and O–H groups in total. The molecule has 3 atom stereocenters. The topological polar surface area (TPSA) is 26.0 Å². The van der Waals surface area contributed by atoms with Gasteiger partial charge in [-0.2, -0.15) is 0 Å². The molecule has 0 aromatic heterocycles. The van der Waals surface area contributed by atoms with E-state index < -0.39 is 0 Å². The number of hydrogen-bond acceptors (Lipinski definition) is 1. The lowest BCUT2D eigenvalue weighted by atomic mass is 9.76. The summed E-state index contributed by atoms with van der Waals surface area (Å²) in [6.45, 7) is 18.3. The van der Waals surface area contributed by atoms with Crippen molar-refractivity contribution in [3.8, 4) is 0 Å². The van der Waals surface area contributed by atoms with Crippen molar-refractivity contribution in [3.05, 3.63) is 36.5 Å². The highest BCUT2D eigenvalue weighted by molar-refractivity contribution is 5.11. The molecule has 0 aliphatic rings. The summed E-state index contributed by atoms with van der Waals surface area (Å²) >= 11 is 0. The molecule has 0 rings (SSSR count). The lowest BCUT2D eigenvalue weighted by Gasteiger charge is -2.29. The fourth-order valence-electron chi connectivity index (χ4n) is 3.90. The smallest absolute Gasteiger partial charge is 0.00716 e. The van der Waals surface area contributed by atoms with Gasteiger partial charge in [-0.25, -0.2) is 0 Å². The number of allylic oxidation sites excluding steroid dienone is 4. The molecule has 0 aliphatic heterocycles. The molecule has 1 heteroatoms. The van der Waals surface area contributed by atoms with Crippen molar-refractivity contribution in [2.75, 3.05) is 6.54 Å². The molecule has 0 aliphatic carbocycles. The average molecular weight is 348 g/mol. The second-order valence-corrected chi connectivity index (χ2v) is 7.65. The summed E-state index contributed by atoms with van der Waals surface area (Å²) in [5.41, 5.74) is 8.87. The maximum Gasteiger partial charge on any atom is -0.00716 e. The van der Waals surface area contributed by atoms with Crippen LogP contribution in [0, 0.1) is 17.8 Å². The molecule has 0 saturated heterocycles. The molecular weight excluding hydrogens is 302 g/mol. The summed E-state index contributed by atoms with van der Waals surface area (Å²) in [5.74, 6) is 1.79. The van der Waals surface area contributed by atoms with Crippen LogP contribution in [0.25, 0.3) is 0 Å². The maximum atomic E-state index is 5.92. The molecular formula is C24H45N. The van der Waals surface area contributed by atoms with Crippen LogP contribution in [0.1, 0.15) is 91.9 Å². The predicted molar refractivity (Wildman–Crippen MR) is 116 cm³/mol. The molecule has 0 bridgehead atoms. The van der Waals surface area contributed by atoms with Gasteiger partial charge in [0.1, 0.15) is 0 Å². The standard InChI is InChI=1S/C24H45N/c1-7-11-12-13-14-16-23(17-18-25)21(6)24(15-8-2)19-22(10-4)20(5)9-3/h8-9,22-24H,2,6-7,10-19,25H2,1,3-5H3/b20-9+/t22?,23?,24-/m1/s1. The molecule has 0 heterocycles. The van der Waals surface area contributed by atoms with Crippen molar-refractivity contribution in [2.45, 2.75) is 91.9 Å². The van der Waals surface area contributed by atoms with Crippen molar-refractivity contribution in [3.63, 3.8) is 0 Å². The lowest BCUT2D eigenvalue weighted by molar-refractivity contribution is 0.381. The Balaban J connectivity index is 4.87. The molecule has 25 heavy (non-hydrogen) atoms. The van der Waals surface area contributed by atoms with E-state index in [0.29, 0.717) is 17.8 Å².